The van der Waals surface area contributed by atoms with Gasteiger partial charge in [0.1, 0.15) is 0 Å². The lowest BCUT2D eigenvalue weighted by atomic mass is 9.79. The molecule has 1 aliphatic carbocycles. The molecule has 1 aliphatic heterocycles. The quantitative estimate of drug-likeness (QED) is 0.897. The number of hydrogen-bond donors (Lipinski definition) is 1. The Bertz CT molecular complexity index is 718. The smallest absolute Gasteiger partial charge is 0.170 e. The molecule has 126 valence electrons. The van der Waals surface area contributed by atoms with E-state index in [1.54, 1.807) is 14.2 Å². The first kappa shape index (κ1) is 17.9. The number of nitrogens with zero attached hydrogens (tertiary/aromatic N) is 2. The maximum atomic E-state index is 5.67. The lowest BCUT2D eigenvalue weighted by Crippen LogP contribution is -2.35. The summed E-state index contributed by atoms with van der Waals surface area (Å²) in [5, 5.41) is 7.47. The van der Waals surface area contributed by atoms with Crippen LogP contribution in [0.3, 0.4) is 0 Å². The first-order valence-electron chi connectivity index (χ1n) is 7.25. The molecule has 1 aromatic heterocycles. The average molecular weight is 358 g/mol. The number of rotatable bonds is 2. The van der Waals surface area contributed by atoms with Gasteiger partial charge in [-0.3, -0.25) is 10.00 Å². The first-order valence-corrected chi connectivity index (χ1v) is 7.25. The third-order valence-electron chi connectivity index (χ3n) is 4.76. The van der Waals surface area contributed by atoms with Crippen LogP contribution in [0.15, 0.2) is 12.3 Å². The van der Waals surface area contributed by atoms with Crippen LogP contribution in [-0.4, -0.2) is 42.9 Å². The van der Waals surface area contributed by atoms with Gasteiger partial charge >= 0.3 is 0 Å². The minimum Gasteiger partial charge on any atom is -0.493 e. The van der Waals surface area contributed by atoms with E-state index in [0.29, 0.717) is 6.04 Å². The van der Waals surface area contributed by atoms with Gasteiger partial charge in [0, 0.05) is 18.8 Å². The van der Waals surface area contributed by atoms with Gasteiger partial charge in [-0.25, -0.2) is 0 Å². The monoisotopic (exact) mass is 357 g/mol. The Kier molecular flexibility index (Phi) is 5.14. The third-order valence-corrected chi connectivity index (χ3v) is 4.76. The molecular weight excluding hydrogens is 337 g/mol. The minimum atomic E-state index is 0. The molecule has 5 nitrogen and oxygen atoms in total. The maximum absolute atomic E-state index is 5.67. The molecule has 4 rings (SSSR count). The van der Waals surface area contributed by atoms with E-state index >= 15 is 0 Å². The van der Waals surface area contributed by atoms with Crippen molar-refractivity contribution in [1.29, 1.82) is 0 Å². The molecule has 0 spiro atoms. The van der Waals surface area contributed by atoms with E-state index in [1.807, 2.05) is 6.20 Å². The van der Waals surface area contributed by atoms with Crippen molar-refractivity contribution < 1.29 is 9.47 Å². The summed E-state index contributed by atoms with van der Waals surface area (Å²) in [4.78, 5) is 2.42. The van der Waals surface area contributed by atoms with Crippen LogP contribution in [-0.2, 0) is 12.8 Å². The molecule has 1 atom stereocenters. The number of aromatic amines is 1. The fourth-order valence-corrected chi connectivity index (χ4v) is 3.71. The summed E-state index contributed by atoms with van der Waals surface area (Å²) >= 11 is 0. The number of fused-ring (bicyclic) bond motifs is 2. The Morgan fingerprint density at radius 3 is 2.70 bits per heavy atom. The summed E-state index contributed by atoms with van der Waals surface area (Å²) in [6, 6.07) is 2.53. The largest absolute Gasteiger partial charge is 0.493 e. The van der Waals surface area contributed by atoms with Crippen molar-refractivity contribution in [2.75, 3.05) is 27.8 Å². The highest BCUT2D eigenvalue weighted by Crippen LogP contribution is 2.51. The van der Waals surface area contributed by atoms with Gasteiger partial charge in [-0.1, -0.05) is 0 Å². The zero-order chi connectivity index (χ0) is 14.6. The molecule has 1 aromatic carbocycles. The zero-order valence-electron chi connectivity index (χ0n) is 13.4. The number of nitrogens with one attached hydrogen (secondary N) is 1. The fraction of sp³-hybridized carbons (Fsp3) is 0.438. The van der Waals surface area contributed by atoms with Gasteiger partial charge in [0.2, 0.25) is 0 Å². The van der Waals surface area contributed by atoms with Crippen LogP contribution in [0.5, 0.6) is 11.5 Å². The highest BCUT2D eigenvalue weighted by Gasteiger charge is 2.37. The third kappa shape index (κ3) is 2.47. The van der Waals surface area contributed by atoms with Gasteiger partial charge in [-0.15, -0.1) is 24.8 Å². The summed E-state index contributed by atoms with van der Waals surface area (Å²) in [5.41, 5.74) is 6.08. The van der Waals surface area contributed by atoms with Crippen LogP contribution in [0.1, 0.15) is 22.7 Å². The molecular formula is C16H21Cl2N3O2. The van der Waals surface area contributed by atoms with Gasteiger partial charge < -0.3 is 9.47 Å². The van der Waals surface area contributed by atoms with Crippen LogP contribution in [0.2, 0.25) is 0 Å². The van der Waals surface area contributed by atoms with E-state index in [2.05, 4.69) is 28.2 Å². The van der Waals surface area contributed by atoms with Crippen molar-refractivity contribution in [2.24, 2.45) is 0 Å². The first-order chi connectivity index (χ1) is 10.2. The molecule has 1 N–H and O–H groups in total. The normalized spacial score (nSPS) is 18.1. The SMILES string of the molecule is COc1cc2c3c(c1OC)-c1n[nH]cc1CC3N(C)CC2.Cl.Cl. The highest BCUT2D eigenvalue weighted by molar-refractivity contribution is 5.85. The molecule has 1 unspecified atom stereocenters. The minimum absolute atomic E-state index is 0. The Morgan fingerprint density at radius 2 is 2.00 bits per heavy atom. The van der Waals surface area contributed by atoms with Crippen molar-refractivity contribution in [2.45, 2.75) is 18.9 Å². The average Bonchev–Trinajstić information content (AvgIpc) is 2.98. The molecule has 0 saturated carbocycles. The number of aromatic nitrogens is 2. The van der Waals surface area contributed by atoms with Crippen molar-refractivity contribution in [3.05, 3.63) is 29.0 Å². The lowest BCUT2D eigenvalue weighted by molar-refractivity contribution is 0.226. The van der Waals surface area contributed by atoms with Crippen molar-refractivity contribution in [3.63, 3.8) is 0 Å². The van der Waals surface area contributed by atoms with Crippen molar-refractivity contribution in [1.82, 2.24) is 15.1 Å². The van der Waals surface area contributed by atoms with Crippen LogP contribution in [0, 0.1) is 0 Å². The van der Waals surface area contributed by atoms with Crippen molar-refractivity contribution >= 4 is 24.8 Å². The van der Waals surface area contributed by atoms with Gasteiger partial charge in [0.05, 0.1) is 25.5 Å². The topological polar surface area (TPSA) is 50.4 Å². The summed E-state index contributed by atoms with van der Waals surface area (Å²) < 4.78 is 11.2. The van der Waals surface area contributed by atoms with E-state index in [1.165, 1.54) is 16.7 Å². The number of halogens is 2. The number of likely N-dealkylation sites (N-methyl/N-ethyl adjacent to an activating group) is 1. The Balaban J connectivity index is 0.000000960. The maximum Gasteiger partial charge on any atom is 0.170 e. The molecule has 2 aromatic rings. The molecule has 7 heteroatoms. The van der Waals surface area contributed by atoms with Crippen LogP contribution in [0.4, 0.5) is 0 Å². The molecule has 0 amide bonds. The van der Waals surface area contributed by atoms with E-state index < -0.39 is 0 Å². The Hall–Kier alpha value is -1.43. The Morgan fingerprint density at radius 1 is 1.22 bits per heavy atom. The van der Waals surface area contributed by atoms with Crippen LogP contribution < -0.4 is 9.47 Å². The highest BCUT2D eigenvalue weighted by atomic mass is 35.5. The summed E-state index contributed by atoms with van der Waals surface area (Å²) in [7, 11) is 5.58. The second-order valence-electron chi connectivity index (χ2n) is 5.77. The standard InChI is InChI=1S/C16H19N3O2.2ClH/c1-19-5-4-9-7-12(20-2)16(21-3)14-13(9)11(19)6-10-8-17-18-15(10)14;;/h7-8,11H,4-6H2,1-3H3,(H,17,18);2*1H. The zero-order valence-corrected chi connectivity index (χ0v) is 15.0. The molecule has 23 heavy (non-hydrogen) atoms. The molecule has 0 fully saturated rings. The number of methoxy groups -OCH3 is 2. The Labute approximate surface area is 148 Å². The predicted octanol–water partition coefficient (Wildman–Crippen LogP) is 3.02. The van der Waals surface area contributed by atoms with E-state index in [4.69, 9.17) is 9.47 Å². The summed E-state index contributed by atoms with van der Waals surface area (Å²) in [6.07, 6.45) is 4.03. The molecule has 2 heterocycles. The second-order valence-corrected chi connectivity index (χ2v) is 5.77. The molecule has 2 aliphatic rings. The molecule has 0 radical (unpaired) electrons. The van der Waals surface area contributed by atoms with E-state index in [-0.39, 0.29) is 24.8 Å². The molecule has 0 bridgehead atoms. The van der Waals surface area contributed by atoms with Gasteiger partial charge in [-0.2, -0.15) is 5.10 Å². The van der Waals surface area contributed by atoms with Crippen LogP contribution in [0.25, 0.3) is 11.3 Å². The van der Waals surface area contributed by atoms with Gasteiger partial charge in [0.25, 0.3) is 0 Å². The molecule has 0 saturated heterocycles. The van der Waals surface area contributed by atoms with Crippen molar-refractivity contribution in [3.8, 4) is 22.8 Å². The summed E-state index contributed by atoms with van der Waals surface area (Å²) in [5.74, 6) is 1.59. The summed E-state index contributed by atoms with van der Waals surface area (Å²) in [6.45, 7) is 1.07. The van der Waals surface area contributed by atoms with E-state index in [9.17, 15) is 0 Å². The number of ether oxygens (including phenoxy) is 2. The van der Waals surface area contributed by atoms with Gasteiger partial charge in [-0.05, 0) is 42.6 Å². The van der Waals surface area contributed by atoms with Gasteiger partial charge in [0.15, 0.2) is 11.5 Å². The van der Waals surface area contributed by atoms with E-state index in [0.717, 1.165) is 42.1 Å². The number of H-pyrrole nitrogens is 1. The number of benzene rings is 1. The number of hydrogen-bond acceptors (Lipinski definition) is 4. The predicted molar refractivity (Wildman–Crippen MR) is 94.4 cm³/mol. The van der Waals surface area contributed by atoms with Crippen LogP contribution >= 0.6 is 24.8 Å². The lowest BCUT2D eigenvalue weighted by Gasteiger charge is -2.39. The fourth-order valence-electron chi connectivity index (χ4n) is 3.71. The second kappa shape index (κ2) is 6.59.